The van der Waals surface area contributed by atoms with Crippen LogP contribution in [0.25, 0.3) is 6.08 Å². The van der Waals surface area contributed by atoms with Crippen LogP contribution in [-0.2, 0) is 4.74 Å². The van der Waals surface area contributed by atoms with Crippen molar-refractivity contribution in [2.45, 2.75) is 30.7 Å². The maximum atomic E-state index is 10.1. The molecule has 2 rings (SSSR count). The first-order chi connectivity index (χ1) is 12.5. The van der Waals surface area contributed by atoms with Crippen LogP contribution in [-0.4, -0.2) is 83.7 Å². The van der Waals surface area contributed by atoms with E-state index in [9.17, 15) is 20.4 Å². The van der Waals surface area contributed by atoms with Gasteiger partial charge in [-0.05, 0) is 17.7 Å². The molecule has 1 saturated heterocycles. The van der Waals surface area contributed by atoms with Gasteiger partial charge in [0.05, 0.1) is 27.4 Å². The monoisotopic (exact) mass is 372 g/mol. The Hall–Kier alpha value is -1.88. The zero-order valence-electron chi connectivity index (χ0n) is 14.5. The lowest BCUT2D eigenvalue weighted by atomic mass is 9.99. The summed E-state index contributed by atoms with van der Waals surface area (Å²) in [5.74, 6) is 0.637. The van der Waals surface area contributed by atoms with Crippen LogP contribution in [0.5, 0.6) is 17.2 Å². The molecule has 9 nitrogen and oxygen atoms in total. The Balaban J connectivity index is 2.33. The quantitative estimate of drug-likeness (QED) is 0.403. The Morgan fingerprint density at radius 2 is 1.62 bits per heavy atom. The molecule has 1 aromatic carbocycles. The minimum Gasteiger partial charge on any atom is -0.493 e. The molecule has 5 atom stereocenters. The van der Waals surface area contributed by atoms with Gasteiger partial charge in [0.25, 0.3) is 0 Å². The molecule has 1 aliphatic rings. The largest absolute Gasteiger partial charge is 0.493 e. The summed E-state index contributed by atoms with van der Waals surface area (Å²) in [5, 5.41) is 48.0. The molecule has 1 aliphatic heterocycles. The maximum absolute atomic E-state index is 10.1. The Bertz CT molecular complexity index is 591. The maximum Gasteiger partial charge on any atom is 0.229 e. The molecule has 0 bridgehead atoms. The van der Waals surface area contributed by atoms with Crippen molar-refractivity contribution in [1.82, 2.24) is 0 Å². The number of hydrogen-bond donors (Lipinski definition) is 5. The predicted octanol–water partition coefficient (Wildman–Crippen LogP) is -1.11. The second kappa shape index (κ2) is 9.17. The van der Waals surface area contributed by atoms with Gasteiger partial charge in [0.2, 0.25) is 12.0 Å². The second-order valence-electron chi connectivity index (χ2n) is 5.65. The molecule has 5 N–H and O–H groups in total. The van der Waals surface area contributed by atoms with Crippen molar-refractivity contribution >= 4 is 6.08 Å². The minimum absolute atomic E-state index is 0.112. The highest BCUT2D eigenvalue weighted by Gasteiger charge is 2.45. The van der Waals surface area contributed by atoms with Gasteiger partial charge in [0, 0.05) is 0 Å². The molecule has 26 heavy (non-hydrogen) atoms. The van der Waals surface area contributed by atoms with Crippen LogP contribution in [0.4, 0.5) is 0 Å². The molecule has 0 aromatic heterocycles. The van der Waals surface area contributed by atoms with Crippen molar-refractivity contribution < 1.29 is 44.5 Å². The third kappa shape index (κ3) is 4.26. The number of ether oxygens (including phenoxy) is 4. The van der Waals surface area contributed by atoms with Crippen molar-refractivity contribution in [3.8, 4) is 17.2 Å². The van der Waals surface area contributed by atoms with Crippen LogP contribution < -0.4 is 14.2 Å². The minimum atomic E-state index is -1.56. The summed E-state index contributed by atoms with van der Waals surface area (Å²) in [6.45, 7) is -0.697. The molecule has 0 unspecified atom stereocenters. The van der Waals surface area contributed by atoms with Crippen molar-refractivity contribution in [3.63, 3.8) is 0 Å². The number of rotatable bonds is 7. The first-order valence-electron chi connectivity index (χ1n) is 7.97. The lowest BCUT2D eigenvalue weighted by Gasteiger charge is -2.39. The van der Waals surface area contributed by atoms with E-state index in [1.54, 1.807) is 18.2 Å². The summed E-state index contributed by atoms with van der Waals surface area (Å²) < 4.78 is 21.6. The number of methoxy groups -OCH3 is 2. The van der Waals surface area contributed by atoms with E-state index in [-0.39, 0.29) is 23.9 Å². The van der Waals surface area contributed by atoms with Gasteiger partial charge < -0.3 is 44.5 Å². The van der Waals surface area contributed by atoms with Crippen LogP contribution in [0, 0.1) is 0 Å². The summed E-state index contributed by atoms with van der Waals surface area (Å²) in [4.78, 5) is 0. The van der Waals surface area contributed by atoms with E-state index in [0.29, 0.717) is 5.56 Å². The fourth-order valence-corrected chi connectivity index (χ4v) is 2.58. The average molecular weight is 372 g/mol. The van der Waals surface area contributed by atoms with Gasteiger partial charge in [-0.1, -0.05) is 12.2 Å². The van der Waals surface area contributed by atoms with Gasteiger partial charge >= 0.3 is 0 Å². The molecule has 1 fully saturated rings. The summed E-state index contributed by atoms with van der Waals surface area (Å²) in [6, 6.07) is 3.24. The van der Waals surface area contributed by atoms with E-state index >= 15 is 0 Å². The van der Waals surface area contributed by atoms with Gasteiger partial charge in [0.1, 0.15) is 24.4 Å². The van der Waals surface area contributed by atoms with Crippen LogP contribution in [0.1, 0.15) is 5.56 Å². The van der Waals surface area contributed by atoms with Crippen LogP contribution in [0.2, 0.25) is 0 Å². The normalized spacial score (nSPS) is 29.0. The summed E-state index contributed by atoms with van der Waals surface area (Å²) >= 11 is 0. The highest BCUT2D eigenvalue weighted by Crippen LogP contribution is 2.40. The van der Waals surface area contributed by atoms with Crippen molar-refractivity contribution in [1.29, 1.82) is 0 Å². The fourth-order valence-electron chi connectivity index (χ4n) is 2.58. The average Bonchev–Trinajstić information content (AvgIpc) is 2.66. The molecule has 1 aromatic rings. The standard InChI is InChI=1S/C17H24O9/c1-23-10-6-9(4-3-5-18)7-11(24-2)16(10)26-17-15(22)14(21)13(20)12(8-19)25-17/h3-4,6-7,12-15,17-22H,5,8H2,1-2H3/b4-3+/t12-,13+,14-,15-,17-/m0/s1. The molecular weight excluding hydrogens is 348 g/mol. The molecule has 9 heteroatoms. The molecule has 0 amide bonds. The molecular formula is C17H24O9. The summed E-state index contributed by atoms with van der Waals surface area (Å²) in [5.41, 5.74) is 0.675. The van der Waals surface area contributed by atoms with Gasteiger partial charge in [0.15, 0.2) is 11.5 Å². The predicted molar refractivity (Wildman–Crippen MR) is 90.1 cm³/mol. The smallest absolute Gasteiger partial charge is 0.229 e. The SMILES string of the molecule is COc1cc(/C=C/CO)cc(OC)c1O[C@@H]1O[C@@H](CO)[C@@H](O)[C@H](O)[C@@H]1O. The molecule has 146 valence electrons. The Morgan fingerprint density at radius 1 is 1.00 bits per heavy atom. The summed E-state index contributed by atoms with van der Waals surface area (Å²) in [6.07, 6.45) is -3.88. The lowest BCUT2D eigenvalue weighted by Crippen LogP contribution is -2.60. The van der Waals surface area contributed by atoms with E-state index in [0.717, 1.165) is 0 Å². The fraction of sp³-hybridized carbons (Fsp3) is 0.529. The molecule has 0 saturated carbocycles. The highest BCUT2D eigenvalue weighted by atomic mass is 16.7. The Kier molecular flexibility index (Phi) is 7.21. The second-order valence-corrected chi connectivity index (χ2v) is 5.65. The number of aliphatic hydroxyl groups is 5. The van der Waals surface area contributed by atoms with Crippen molar-refractivity contribution in [2.75, 3.05) is 27.4 Å². The van der Waals surface area contributed by atoms with Crippen LogP contribution in [0.3, 0.4) is 0 Å². The van der Waals surface area contributed by atoms with E-state index < -0.39 is 37.3 Å². The first kappa shape index (κ1) is 20.4. The molecule has 0 aliphatic carbocycles. The van der Waals surface area contributed by atoms with Gasteiger partial charge in [-0.2, -0.15) is 0 Å². The number of aliphatic hydroxyl groups excluding tert-OH is 5. The number of benzene rings is 1. The van der Waals surface area contributed by atoms with E-state index in [1.165, 1.54) is 20.3 Å². The van der Waals surface area contributed by atoms with E-state index in [4.69, 9.17) is 24.1 Å². The Morgan fingerprint density at radius 3 is 2.12 bits per heavy atom. The van der Waals surface area contributed by atoms with E-state index in [1.807, 2.05) is 0 Å². The number of hydrogen-bond acceptors (Lipinski definition) is 9. The Labute approximate surface area is 150 Å². The molecule has 1 heterocycles. The van der Waals surface area contributed by atoms with Gasteiger partial charge in [-0.3, -0.25) is 0 Å². The molecule has 0 spiro atoms. The van der Waals surface area contributed by atoms with Crippen LogP contribution >= 0.6 is 0 Å². The van der Waals surface area contributed by atoms with E-state index in [2.05, 4.69) is 0 Å². The summed E-state index contributed by atoms with van der Waals surface area (Å²) in [7, 11) is 2.82. The van der Waals surface area contributed by atoms with Gasteiger partial charge in [-0.25, -0.2) is 0 Å². The highest BCUT2D eigenvalue weighted by molar-refractivity contribution is 5.62. The van der Waals surface area contributed by atoms with Crippen LogP contribution in [0.15, 0.2) is 18.2 Å². The third-order valence-corrected chi connectivity index (χ3v) is 3.98. The zero-order chi connectivity index (χ0) is 19.3. The van der Waals surface area contributed by atoms with Crippen molar-refractivity contribution in [3.05, 3.63) is 23.8 Å². The van der Waals surface area contributed by atoms with Gasteiger partial charge in [-0.15, -0.1) is 0 Å². The first-order valence-corrected chi connectivity index (χ1v) is 7.97. The molecule has 0 radical (unpaired) electrons. The third-order valence-electron chi connectivity index (χ3n) is 3.98. The topological polar surface area (TPSA) is 138 Å². The lowest BCUT2D eigenvalue weighted by molar-refractivity contribution is -0.277. The zero-order valence-corrected chi connectivity index (χ0v) is 14.5. The van der Waals surface area contributed by atoms with Crippen molar-refractivity contribution in [2.24, 2.45) is 0 Å².